The summed E-state index contributed by atoms with van der Waals surface area (Å²) in [6.07, 6.45) is 6.18. The molecule has 0 saturated carbocycles. The highest BCUT2D eigenvalue weighted by Crippen LogP contribution is 2.31. The highest BCUT2D eigenvalue weighted by atomic mass is 35.5. The van der Waals surface area contributed by atoms with Crippen molar-refractivity contribution in [2.24, 2.45) is 5.92 Å². The largest absolute Gasteiger partial charge is 0.458 e. The van der Waals surface area contributed by atoms with E-state index in [0.717, 1.165) is 17.7 Å². The van der Waals surface area contributed by atoms with Crippen molar-refractivity contribution >= 4 is 23.2 Å². The van der Waals surface area contributed by atoms with Crippen molar-refractivity contribution in [1.82, 2.24) is 14.9 Å². The number of halogens is 2. The van der Waals surface area contributed by atoms with E-state index in [1.54, 1.807) is 18.5 Å². The van der Waals surface area contributed by atoms with Crippen molar-refractivity contribution in [3.63, 3.8) is 0 Å². The minimum absolute atomic E-state index is 0.216. The lowest BCUT2D eigenvalue weighted by Gasteiger charge is -2.43. The molecule has 3 fully saturated rings. The topological polar surface area (TPSA) is 38.2 Å². The second-order valence-corrected chi connectivity index (χ2v) is 6.99. The van der Waals surface area contributed by atoms with Gasteiger partial charge < -0.3 is 4.74 Å². The summed E-state index contributed by atoms with van der Waals surface area (Å²) in [6.45, 7) is 3.38. The lowest BCUT2D eigenvalue weighted by molar-refractivity contribution is -0.0123. The zero-order valence-corrected chi connectivity index (χ0v) is 14.1. The lowest BCUT2D eigenvalue weighted by atomic mass is 9.86. The van der Waals surface area contributed by atoms with Crippen LogP contribution in [0, 0.1) is 5.92 Å². The molecule has 1 atom stereocenters. The average Bonchev–Trinajstić information content (AvgIpc) is 2.59. The van der Waals surface area contributed by atoms with Crippen molar-refractivity contribution in [2.75, 3.05) is 19.6 Å². The van der Waals surface area contributed by atoms with Crippen molar-refractivity contribution in [1.29, 1.82) is 0 Å². The molecule has 0 spiro atoms. The van der Waals surface area contributed by atoms with Gasteiger partial charge in [0, 0.05) is 24.5 Å². The Hall–Kier alpha value is -1.36. The zero-order valence-electron chi connectivity index (χ0n) is 12.6. The Bertz CT molecular complexity index is 699. The van der Waals surface area contributed by atoms with Crippen molar-refractivity contribution < 1.29 is 4.74 Å². The summed E-state index contributed by atoms with van der Waals surface area (Å²) >= 11 is 12.0. The summed E-state index contributed by atoms with van der Waals surface area (Å²) < 4.78 is 6.01. The minimum atomic E-state index is 0.216. The van der Waals surface area contributed by atoms with Crippen LogP contribution in [0.25, 0.3) is 11.1 Å². The summed E-state index contributed by atoms with van der Waals surface area (Å²) in [5.74, 6) is 0.637. The third kappa shape index (κ3) is 3.16. The Morgan fingerprint density at radius 1 is 1.00 bits per heavy atom. The number of ether oxygens (including phenoxy) is 1. The van der Waals surface area contributed by atoms with Gasteiger partial charge in [0.15, 0.2) is 0 Å². The maximum atomic E-state index is 6.06. The molecule has 4 heterocycles. The van der Waals surface area contributed by atoms with E-state index in [1.165, 1.54) is 25.9 Å². The van der Waals surface area contributed by atoms with Gasteiger partial charge in [0.05, 0.1) is 10.0 Å². The molecule has 3 saturated heterocycles. The van der Waals surface area contributed by atoms with Gasteiger partial charge in [0.2, 0.25) is 0 Å². The monoisotopic (exact) mass is 349 g/mol. The van der Waals surface area contributed by atoms with Gasteiger partial charge in [0.1, 0.15) is 6.10 Å². The molecule has 2 aromatic rings. The minimum Gasteiger partial charge on any atom is -0.458 e. The van der Waals surface area contributed by atoms with Gasteiger partial charge in [0.25, 0.3) is 0 Å². The molecule has 5 rings (SSSR count). The second-order valence-electron chi connectivity index (χ2n) is 6.18. The van der Waals surface area contributed by atoms with E-state index in [-0.39, 0.29) is 6.10 Å². The predicted molar refractivity (Wildman–Crippen MR) is 91.1 cm³/mol. The molecule has 3 aliphatic heterocycles. The number of hydrogen-bond donors (Lipinski definition) is 0. The lowest BCUT2D eigenvalue weighted by Crippen LogP contribution is -2.52. The summed E-state index contributed by atoms with van der Waals surface area (Å²) in [5.41, 5.74) is 1.83. The zero-order chi connectivity index (χ0) is 15.8. The molecule has 4 nitrogen and oxygen atoms in total. The Kier molecular flexibility index (Phi) is 4.14. The van der Waals surface area contributed by atoms with Crippen molar-refractivity contribution in [2.45, 2.75) is 18.9 Å². The molecule has 6 heteroatoms. The van der Waals surface area contributed by atoms with Gasteiger partial charge in [-0.3, -0.25) is 4.90 Å². The molecule has 0 aliphatic carbocycles. The van der Waals surface area contributed by atoms with Crippen LogP contribution in [0.4, 0.5) is 0 Å². The third-order valence-corrected chi connectivity index (χ3v) is 5.47. The van der Waals surface area contributed by atoms with E-state index in [1.807, 2.05) is 12.1 Å². The van der Waals surface area contributed by atoms with E-state index >= 15 is 0 Å². The number of nitrogens with zero attached hydrogens (tertiary/aromatic N) is 3. The van der Waals surface area contributed by atoms with E-state index in [2.05, 4.69) is 14.9 Å². The normalized spacial score (nSPS) is 26.3. The average molecular weight is 350 g/mol. The summed E-state index contributed by atoms with van der Waals surface area (Å²) in [5, 5.41) is 1.07. The quantitative estimate of drug-likeness (QED) is 0.841. The van der Waals surface area contributed by atoms with E-state index < -0.39 is 0 Å². The van der Waals surface area contributed by atoms with Crippen LogP contribution >= 0.6 is 23.2 Å². The van der Waals surface area contributed by atoms with Crippen LogP contribution in [0.1, 0.15) is 12.8 Å². The fourth-order valence-electron chi connectivity index (χ4n) is 3.38. The molecule has 0 amide bonds. The van der Waals surface area contributed by atoms with Gasteiger partial charge in [-0.2, -0.15) is 0 Å². The molecule has 120 valence electrons. The smallest absolute Gasteiger partial charge is 0.316 e. The van der Waals surface area contributed by atoms with Gasteiger partial charge in [-0.05, 0) is 49.5 Å². The molecular weight excluding hydrogens is 333 g/mol. The number of benzene rings is 1. The first-order valence-corrected chi connectivity index (χ1v) is 8.61. The number of piperidine rings is 3. The summed E-state index contributed by atoms with van der Waals surface area (Å²) in [6, 6.07) is 5.95. The fraction of sp³-hybridized carbons (Fsp3) is 0.412. The SMILES string of the molecule is Clc1ccc(-c2cnc(OC3CN4CCC3CC4)nc2)cc1Cl. The maximum absolute atomic E-state index is 6.06. The third-order valence-electron chi connectivity index (χ3n) is 4.73. The highest BCUT2D eigenvalue weighted by Gasteiger charge is 2.35. The van der Waals surface area contributed by atoms with Crippen molar-refractivity contribution in [3.05, 3.63) is 40.6 Å². The van der Waals surface area contributed by atoms with Crippen LogP contribution in [-0.4, -0.2) is 40.6 Å². The molecule has 23 heavy (non-hydrogen) atoms. The van der Waals surface area contributed by atoms with Crippen LogP contribution in [0.2, 0.25) is 10.0 Å². The first-order chi connectivity index (χ1) is 11.2. The first-order valence-electron chi connectivity index (χ1n) is 7.85. The predicted octanol–water partition coefficient (Wildman–Crippen LogP) is 3.92. The van der Waals surface area contributed by atoms with E-state index in [0.29, 0.717) is 22.0 Å². The molecule has 0 N–H and O–H groups in total. The van der Waals surface area contributed by atoms with Crippen LogP contribution in [0.15, 0.2) is 30.6 Å². The molecular formula is C17H17Cl2N3O. The number of rotatable bonds is 3. The van der Waals surface area contributed by atoms with Crippen molar-refractivity contribution in [3.8, 4) is 17.1 Å². The Labute approximate surface area is 145 Å². The van der Waals surface area contributed by atoms with Gasteiger partial charge in [-0.25, -0.2) is 9.97 Å². The van der Waals surface area contributed by atoms with Gasteiger partial charge in [-0.15, -0.1) is 0 Å². The molecule has 3 aliphatic rings. The highest BCUT2D eigenvalue weighted by molar-refractivity contribution is 6.42. The van der Waals surface area contributed by atoms with Crippen LogP contribution in [-0.2, 0) is 0 Å². The van der Waals surface area contributed by atoms with Crippen LogP contribution < -0.4 is 4.74 Å². The molecule has 1 unspecified atom stereocenters. The standard InChI is InChI=1S/C17H17Cl2N3O/c18-14-2-1-12(7-15(14)19)13-8-20-17(21-9-13)23-16-10-22-5-3-11(16)4-6-22/h1-2,7-9,11,16H,3-6,10H2. The molecule has 0 radical (unpaired) electrons. The number of hydrogen-bond acceptors (Lipinski definition) is 4. The second kappa shape index (κ2) is 6.27. The molecule has 1 aromatic carbocycles. The fourth-order valence-corrected chi connectivity index (χ4v) is 3.68. The Balaban J connectivity index is 1.48. The summed E-state index contributed by atoms with van der Waals surface area (Å²) in [4.78, 5) is 11.2. The molecule has 1 aromatic heterocycles. The number of fused-ring (bicyclic) bond motifs is 3. The molecule has 2 bridgehead atoms. The number of aromatic nitrogens is 2. The van der Waals surface area contributed by atoms with Crippen LogP contribution in [0.5, 0.6) is 6.01 Å². The Morgan fingerprint density at radius 2 is 1.74 bits per heavy atom. The van der Waals surface area contributed by atoms with Gasteiger partial charge >= 0.3 is 6.01 Å². The first kappa shape index (κ1) is 15.2. The van der Waals surface area contributed by atoms with E-state index in [4.69, 9.17) is 27.9 Å². The van der Waals surface area contributed by atoms with E-state index in [9.17, 15) is 0 Å². The maximum Gasteiger partial charge on any atom is 0.316 e. The summed E-state index contributed by atoms with van der Waals surface area (Å²) in [7, 11) is 0. The van der Waals surface area contributed by atoms with Crippen LogP contribution in [0.3, 0.4) is 0 Å². The van der Waals surface area contributed by atoms with Gasteiger partial charge in [-0.1, -0.05) is 29.3 Å². The Morgan fingerprint density at radius 3 is 2.35 bits per heavy atom.